The molecule has 1 heterocycles. The van der Waals surface area contributed by atoms with E-state index in [0.717, 1.165) is 5.69 Å². The van der Waals surface area contributed by atoms with E-state index in [1.165, 1.54) is 0 Å². The van der Waals surface area contributed by atoms with Gasteiger partial charge in [-0.15, -0.1) is 0 Å². The number of hydrogen-bond donors (Lipinski definition) is 3. The van der Waals surface area contributed by atoms with E-state index in [-0.39, 0.29) is 0 Å². The minimum atomic E-state index is 0.568. The fourth-order valence-corrected chi connectivity index (χ4v) is 0.754. The lowest BCUT2D eigenvalue weighted by Crippen LogP contribution is -2.10. The Morgan fingerprint density at radius 3 is 2.73 bits per heavy atom. The first-order valence-electron chi connectivity index (χ1n) is 3.26. The summed E-state index contributed by atoms with van der Waals surface area (Å²) in [5.74, 6) is 6.35. The Kier molecular flexibility index (Phi) is 2.22. The van der Waals surface area contributed by atoms with Gasteiger partial charge in [0, 0.05) is 18.8 Å². The van der Waals surface area contributed by atoms with Crippen molar-refractivity contribution in [1.82, 2.24) is 9.97 Å². The van der Waals surface area contributed by atoms with Crippen molar-refractivity contribution in [2.75, 3.05) is 17.8 Å². The van der Waals surface area contributed by atoms with E-state index in [1.54, 1.807) is 13.1 Å². The summed E-state index contributed by atoms with van der Waals surface area (Å²) < 4.78 is 0. The molecule has 5 nitrogen and oxygen atoms in total. The van der Waals surface area contributed by atoms with Gasteiger partial charge in [0.05, 0.1) is 0 Å². The smallest absolute Gasteiger partial charge is 0.224 e. The van der Waals surface area contributed by atoms with Gasteiger partial charge in [0.2, 0.25) is 5.95 Å². The average Bonchev–Trinajstić information content (AvgIpc) is 2.03. The van der Waals surface area contributed by atoms with Crippen LogP contribution in [-0.2, 0) is 0 Å². The van der Waals surface area contributed by atoms with Gasteiger partial charge in [-0.3, -0.25) is 0 Å². The summed E-state index contributed by atoms with van der Waals surface area (Å²) in [7, 11) is 1.76. The fraction of sp³-hybridized carbons (Fsp3) is 0.333. The minimum Gasteiger partial charge on any atom is -0.357 e. The molecule has 1 rings (SSSR count). The van der Waals surface area contributed by atoms with E-state index >= 15 is 0 Å². The van der Waals surface area contributed by atoms with E-state index in [4.69, 9.17) is 5.84 Å². The second-order valence-electron chi connectivity index (χ2n) is 2.11. The lowest BCUT2D eigenvalue weighted by molar-refractivity contribution is 1.08. The molecule has 0 bridgehead atoms. The van der Waals surface area contributed by atoms with Crippen LogP contribution in [0.2, 0.25) is 0 Å². The van der Waals surface area contributed by atoms with Crippen LogP contribution in [0.4, 0.5) is 11.8 Å². The molecule has 0 saturated heterocycles. The SMILES string of the molecule is CNc1nc(C)cc(NN)n1. The monoisotopic (exact) mass is 153 g/mol. The molecule has 0 aliphatic heterocycles. The summed E-state index contributed by atoms with van der Waals surface area (Å²) >= 11 is 0. The molecule has 1 aromatic heterocycles. The van der Waals surface area contributed by atoms with E-state index in [2.05, 4.69) is 20.7 Å². The maximum Gasteiger partial charge on any atom is 0.224 e. The van der Waals surface area contributed by atoms with Crippen LogP contribution in [0.25, 0.3) is 0 Å². The first kappa shape index (κ1) is 7.74. The molecule has 0 atom stereocenters. The third-order valence-electron chi connectivity index (χ3n) is 1.23. The number of aryl methyl sites for hydroxylation is 1. The lowest BCUT2D eigenvalue weighted by atomic mass is 10.4. The standard InChI is InChI=1S/C6H11N5/c1-4-3-5(11-7)10-6(8-2)9-4/h3H,7H2,1-2H3,(H2,8,9,10,11). The van der Waals surface area contributed by atoms with Crippen molar-refractivity contribution >= 4 is 11.8 Å². The number of nitrogens with zero attached hydrogens (tertiary/aromatic N) is 2. The van der Waals surface area contributed by atoms with Gasteiger partial charge in [0.25, 0.3) is 0 Å². The molecule has 0 aliphatic carbocycles. The van der Waals surface area contributed by atoms with E-state index in [0.29, 0.717) is 11.8 Å². The molecule has 1 aromatic rings. The molecule has 0 amide bonds. The van der Waals surface area contributed by atoms with Crippen LogP contribution in [-0.4, -0.2) is 17.0 Å². The second kappa shape index (κ2) is 3.16. The highest BCUT2D eigenvalue weighted by atomic mass is 15.3. The van der Waals surface area contributed by atoms with Crippen LogP contribution >= 0.6 is 0 Å². The van der Waals surface area contributed by atoms with Crippen molar-refractivity contribution in [2.45, 2.75) is 6.92 Å². The molecule has 0 fully saturated rings. The van der Waals surface area contributed by atoms with E-state index in [9.17, 15) is 0 Å². The van der Waals surface area contributed by atoms with E-state index < -0.39 is 0 Å². The molecule has 0 radical (unpaired) electrons. The first-order chi connectivity index (χ1) is 5.26. The van der Waals surface area contributed by atoms with Gasteiger partial charge in [0.15, 0.2) is 0 Å². The number of nitrogens with one attached hydrogen (secondary N) is 2. The van der Waals surface area contributed by atoms with Crippen LogP contribution in [0.5, 0.6) is 0 Å². The number of hydrazine groups is 1. The molecule has 11 heavy (non-hydrogen) atoms. The molecule has 60 valence electrons. The molecule has 0 unspecified atom stereocenters. The summed E-state index contributed by atoms with van der Waals surface area (Å²) in [5.41, 5.74) is 3.32. The fourth-order valence-electron chi connectivity index (χ4n) is 0.754. The third-order valence-corrected chi connectivity index (χ3v) is 1.23. The van der Waals surface area contributed by atoms with Crippen LogP contribution < -0.4 is 16.6 Å². The zero-order valence-corrected chi connectivity index (χ0v) is 6.55. The molecule has 0 spiro atoms. The summed E-state index contributed by atoms with van der Waals surface area (Å²) in [6, 6.07) is 1.76. The molecule has 0 saturated carbocycles. The van der Waals surface area contributed by atoms with Gasteiger partial charge in [-0.05, 0) is 6.92 Å². The maximum absolute atomic E-state index is 5.17. The highest BCUT2D eigenvalue weighted by Gasteiger charge is 1.96. The maximum atomic E-state index is 5.17. The highest BCUT2D eigenvalue weighted by molar-refractivity contribution is 5.40. The Bertz CT molecular complexity index is 224. The van der Waals surface area contributed by atoms with Gasteiger partial charge >= 0.3 is 0 Å². The van der Waals surface area contributed by atoms with Crippen LogP contribution in [0.15, 0.2) is 6.07 Å². The summed E-state index contributed by atoms with van der Waals surface area (Å²) in [6.45, 7) is 1.88. The Labute approximate surface area is 65.0 Å². The largest absolute Gasteiger partial charge is 0.357 e. The van der Waals surface area contributed by atoms with Crippen molar-refractivity contribution < 1.29 is 0 Å². The highest BCUT2D eigenvalue weighted by Crippen LogP contribution is 2.06. The van der Waals surface area contributed by atoms with Gasteiger partial charge in [-0.1, -0.05) is 0 Å². The summed E-state index contributed by atoms with van der Waals surface area (Å²) in [4.78, 5) is 8.09. The summed E-state index contributed by atoms with van der Waals surface area (Å²) in [6.07, 6.45) is 0. The minimum absolute atomic E-state index is 0.568. The molecule has 4 N–H and O–H groups in total. The average molecular weight is 153 g/mol. The lowest BCUT2D eigenvalue weighted by Gasteiger charge is -2.03. The molecule has 0 aliphatic rings. The van der Waals surface area contributed by atoms with Crippen molar-refractivity contribution in [3.05, 3.63) is 11.8 Å². The molecular weight excluding hydrogens is 142 g/mol. The normalized spacial score (nSPS) is 9.36. The van der Waals surface area contributed by atoms with Crippen molar-refractivity contribution in [2.24, 2.45) is 5.84 Å². The zero-order chi connectivity index (χ0) is 8.27. The Morgan fingerprint density at radius 1 is 1.45 bits per heavy atom. The number of hydrogen-bond acceptors (Lipinski definition) is 5. The van der Waals surface area contributed by atoms with Crippen molar-refractivity contribution in [3.63, 3.8) is 0 Å². The number of nitrogens with two attached hydrogens (primary N) is 1. The molecular formula is C6H11N5. The zero-order valence-electron chi connectivity index (χ0n) is 6.55. The molecule has 5 heteroatoms. The second-order valence-corrected chi connectivity index (χ2v) is 2.11. The van der Waals surface area contributed by atoms with Gasteiger partial charge < -0.3 is 10.7 Å². The van der Waals surface area contributed by atoms with Crippen LogP contribution in [0, 0.1) is 6.92 Å². The van der Waals surface area contributed by atoms with E-state index in [1.807, 2.05) is 6.92 Å². The van der Waals surface area contributed by atoms with Crippen LogP contribution in [0.1, 0.15) is 5.69 Å². The van der Waals surface area contributed by atoms with Gasteiger partial charge in [-0.2, -0.15) is 4.98 Å². The van der Waals surface area contributed by atoms with Crippen molar-refractivity contribution in [3.8, 4) is 0 Å². The van der Waals surface area contributed by atoms with Gasteiger partial charge in [0.1, 0.15) is 5.82 Å². The van der Waals surface area contributed by atoms with Crippen LogP contribution in [0.3, 0.4) is 0 Å². The third kappa shape index (κ3) is 1.78. The van der Waals surface area contributed by atoms with Crippen molar-refractivity contribution in [1.29, 1.82) is 0 Å². The Morgan fingerprint density at radius 2 is 2.18 bits per heavy atom. The Balaban J connectivity index is 3.02. The summed E-state index contributed by atoms with van der Waals surface area (Å²) in [5, 5.41) is 2.82. The quantitative estimate of drug-likeness (QED) is 0.415. The number of anilines is 2. The molecule has 0 aromatic carbocycles. The van der Waals surface area contributed by atoms with Gasteiger partial charge in [-0.25, -0.2) is 10.8 Å². The predicted octanol–water partition coefficient (Wildman–Crippen LogP) is 0.112. The number of nitrogen functional groups attached to an aromatic ring is 1. The predicted molar refractivity (Wildman–Crippen MR) is 44.1 cm³/mol. The first-order valence-corrected chi connectivity index (χ1v) is 3.26. The Hall–Kier alpha value is -1.36. The number of aromatic nitrogens is 2. The topological polar surface area (TPSA) is 75.9 Å². The number of rotatable bonds is 2.